The number of rotatable bonds is 3. The molecule has 0 aromatic carbocycles. The molecule has 0 spiro atoms. The zero-order chi connectivity index (χ0) is 12.5. The molecule has 1 rings (SSSR count). The summed E-state index contributed by atoms with van der Waals surface area (Å²) in [5, 5.41) is 36.5. The first kappa shape index (κ1) is 22.2. The van der Waals surface area contributed by atoms with E-state index in [1.807, 2.05) is 0 Å². The van der Waals surface area contributed by atoms with Crippen LogP contribution in [0.4, 0.5) is 0 Å². The van der Waals surface area contributed by atoms with Gasteiger partial charge in [0.25, 0.3) is 0 Å². The van der Waals surface area contributed by atoms with Crippen LogP contribution in [-0.4, -0.2) is 57.7 Å². The fourth-order valence-electron chi connectivity index (χ4n) is 1.28. The summed E-state index contributed by atoms with van der Waals surface area (Å²) in [5.41, 5.74) is 0. The van der Waals surface area contributed by atoms with Gasteiger partial charge in [-0.1, -0.05) is 0 Å². The average Bonchev–Trinajstić information content (AvgIpc) is 2.17. The number of aliphatic hydroxyl groups is 4. The number of phosphoric ester groups is 1. The van der Waals surface area contributed by atoms with Gasteiger partial charge in [-0.3, -0.25) is 0 Å². The molecule has 0 radical (unpaired) electrons. The molecule has 0 bridgehead atoms. The molecule has 5 atom stereocenters. The van der Waals surface area contributed by atoms with E-state index in [9.17, 15) is 29.7 Å². The first-order valence-electron chi connectivity index (χ1n) is 4.27. The van der Waals surface area contributed by atoms with Crippen LogP contribution in [0.25, 0.3) is 0 Å². The van der Waals surface area contributed by atoms with Gasteiger partial charge in [0.2, 0.25) is 0 Å². The molecule has 4 N–H and O–H groups in total. The summed E-state index contributed by atoms with van der Waals surface area (Å²) in [5.74, 6) is 0. The molecule has 0 aromatic heterocycles. The average molecular weight is 304 g/mol. The van der Waals surface area contributed by atoms with Gasteiger partial charge in [-0.05, 0) is 0 Å². The Balaban J connectivity index is 0. The van der Waals surface area contributed by atoms with Crippen LogP contribution in [0.3, 0.4) is 0 Å². The summed E-state index contributed by atoms with van der Waals surface area (Å²) in [6.45, 7) is -0.743. The topological polar surface area (TPSA) is 163 Å². The monoisotopic (exact) mass is 304 g/mol. The van der Waals surface area contributed by atoms with E-state index in [0.29, 0.717) is 0 Å². The predicted octanol–water partition coefficient (Wildman–Crippen LogP) is -10.4. The van der Waals surface area contributed by atoms with Gasteiger partial charge in [0, 0.05) is 0 Å². The summed E-state index contributed by atoms with van der Waals surface area (Å²) in [4.78, 5) is 20.6. The molecule has 1 heterocycles. The Morgan fingerprint density at radius 3 is 2.00 bits per heavy atom. The van der Waals surface area contributed by atoms with Crippen LogP contribution in [0.2, 0.25) is 0 Å². The van der Waals surface area contributed by atoms with E-state index >= 15 is 0 Å². The molecule has 18 heavy (non-hydrogen) atoms. The predicted molar refractivity (Wildman–Crippen MR) is 42.5 cm³/mol. The quantitative estimate of drug-likeness (QED) is 0.293. The SMILES string of the molecule is O=P([O-])([O-])O[C@H]1O[C@H](CO)[C@@H](O)[C@H](O)[C@H]1O.[Na+].[Na+]. The molecule has 1 saturated heterocycles. The summed E-state index contributed by atoms with van der Waals surface area (Å²) < 4.78 is 18.7. The van der Waals surface area contributed by atoms with E-state index in [4.69, 9.17) is 5.11 Å². The van der Waals surface area contributed by atoms with Crippen molar-refractivity contribution in [3.63, 3.8) is 0 Å². The van der Waals surface area contributed by atoms with Crippen LogP contribution in [0.5, 0.6) is 0 Å². The van der Waals surface area contributed by atoms with Gasteiger partial charge in [-0.2, -0.15) is 0 Å². The first-order valence-corrected chi connectivity index (χ1v) is 5.73. The minimum Gasteiger partial charge on any atom is -0.790 e. The molecular weight excluding hydrogens is 293 g/mol. The molecule has 0 aliphatic carbocycles. The largest absolute Gasteiger partial charge is 1.00 e. The van der Waals surface area contributed by atoms with Crippen molar-refractivity contribution in [1.29, 1.82) is 0 Å². The van der Waals surface area contributed by atoms with Crippen molar-refractivity contribution in [1.82, 2.24) is 0 Å². The van der Waals surface area contributed by atoms with Crippen molar-refractivity contribution in [3.05, 3.63) is 0 Å². The van der Waals surface area contributed by atoms with E-state index in [2.05, 4.69) is 9.26 Å². The van der Waals surface area contributed by atoms with Crippen LogP contribution >= 0.6 is 7.82 Å². The van der Waals surface area contributed by atoms with Crippen molar-refractivity contribution < 1.29 is 103 Å². The van der Waals surface area contributed by atoms with Crippen molar-refractivity contribution in [2.24, 2.45) is 0 Å². The van der Waals surface area contributed by atoms with Gasteiger partial charge < -0.3 is 44.0 Å². The smallest absolute Gasteiger partial charge is 0.790 e. The summed E-state index contributed by atoms with van der Waals surface area (Å²) in [7, 11) is -5.41. The number of hydrogen-bond donors (Lipinski definition) is 4. The molecule has 0 amide bonds. The Bertz CT molecular complexity index is 284. The van der Waals surface area contributed by atoms with Crippen LogP contribution in [-0.2, 0) is 13.8 Å². The van der Waals surface area contributed by atoms with Gasteiger partial charge in [-0.15, -0.1) is 0 Å². The molecule has 96 valence electrons. The Labute approximate surface area is 147 Å². The minimum atomic E-state index is -5.41. The maximum absolute atomic E-state index is 10.3. The van der Waals surface area contributed by atoms with Crippen LogP contribution in [0.15, 0.2) is 0 Å². The number of hydrogen-bond acceptors (Lipinski definition) is 9. The molecule has 1 fully saturated rings. The van der Waals surface area contributed by atoms with Gasteiger partial charge in [0.15, 0.2) is 6.29 Å². The number of phosphoric acid groups is 1. The summed E-state index contributed by atoms with van der Waals surface area (Å²) in [6.07, 6.45) is -8.61. The molecule has 1 aliphatic rings. The summed E-state index contributed by atoms with van der Waals surface area (Å²) >= 11 is 0. The molecule has 0 saturated carbocycles. The van der Waals surface area contributed by atoms with E-state index in [0.717, 1.165) is 0 Å². The second-order valence-corrected chi connectivity index (χ2v) is 4.36. The van der Waals surface area contributed by atoms with E-state index in [1.54, 1.807) is 0 Å². The Kier molecular flexibility index (Phi) is 11.1. The maximum Gasteiger partial charge on any atom is 1.00 e. The van der Waals surface area contributed by atoms with Crippen molar-refractivity contribution in [2.75, 3.05) is 6.61 Å². The Morgan fingerprint density at radius 1 is 1.11 bits per heavy atom. The molecular formula is C6H11Na2O9P. The van der Waals surface area contributed by atoms with Gasteiger partial charge in [0.1, 0.15) is 24.4 Å². The third kappa shape index (κ3) is 6.13. The van der Waals surface area contributed by atoms with Gasteiger partial charge in [-0.25, -0.2) is 0 Å². The fraction of sp³-hybridized carbons (Fsp3) is 1.00. The fourth-order valence-corrected chi connectivity index (χ4v) is 1.71. The van der Waals surface area contributed by atoms with E-state index in [1.165, 1.54) is 0 Å². The molecule has 0 unspecified atom stereocenters. The third-order valence-electron chi connectivity index (χ3n) is 2.08. The normalized spacial score (nSPS) is 36.4. The van der Waals surface area contributed by atoms with E-state index in [-0.39, 0.29) is 59.1 Å². The third-order valence-corrected chi connectivity index (χ3v) is 2.55. The molecule has 1 aliphatic heterocycles. The minimum absolute atomic E-state index is 0. The second kappa shape index (κ2) is 9.04. The molecule has 12 heteroatoms. The van der Waals surface area contributed by atoms with Gasteiger partial charge >= 0.3 is 59.1 Å². The van der Waals surface area contributed by atoms with Gasteiger partial charge in [0.05, 0.1) is 14.4 Å². The van der Waals surface area contributed by atoms with Crippen molar-refractivity contribution in [3.8, 4) is 0 Å². The van der Waals surface area contributed by atoms with Crippen molar-refractivity contribution >= 4 is 7.82 Å². The molecule has 0 aromatic rings. The number of ether oxygens (including phenoxy) is 1. The first-order chi connectivity index (χ1) is 7.26. The second-order valence-electron chi connectivity index (χ2n) is 3.25. The number of aliphatic hydroxyl groups excluding tert-OH is 4. The zero-order valence-electron chi connectivity index (χ0n) is 9.87. The Morgan fingerprint density at radius 2 is 1.61 bits per heavy atom. The maximum atomic E-state index is 10.3. The standard InChI is InChI=1S/C6H13O9P.2Na/c7-1-2-3(8)4(9)5(10)6(14-2)15-16(11,12)13;;/h2-10H,1H2,(H2,11,12,13);;/q;2*+1/p-2/t2-,3-,4+,5-,6-;;/m1../s1. The zero-order valence-corrected chi connectivity index (χ0v) is 14.8. The molecule has 9 nitrogen and oxygen atoms in total. The van der Waals surface area contributed by atoms with Crippen LogP contribution in [0, 0.1) is 0 Å². The van der Waals surface area contributed by atoms with Crippen LogP contribution < -0.4 is 68.9 Å². The Hall–Kier alpha value is 1.91. The van der Waals surface area contributed by atoms with Crippen molar-refractivity contribution in [2.45, 2.75) is 30.7 Å². The summed E-state index contributed by atoms with van der Waals surface area (Å²) in [6, 6.07) is 0. The van der Waals surface area contributed by atoms with Crippen LogP contribution in [0.1, 0.15) is 0 Å². The van der Waals surface area contributed by atoms with E-state index < -0.39 is 45.1 Å².